The van der Waals surface area contributed by atoms with Crippen LogP contribution in [-0.4, -0.2) is 4.57 Å². The van der Waals surface area contributed by atoms with Gasteiger partial charge < -0.3 is 4.57 Å². The van der Waals surface area contributed by atoms with Crippen LogP contribution in [-0.2, 0) is 6.54 Å². The molecule has 0 aromatic heterocycles. The molecule has 2 heteroatoms. The van der Waals surface area contributed by atoms with Gasteiger partial charge in [0.15, 0.2) is 5.43 Å². The normalized spacial score (nSPS) is 11.2. The summed E-state index contributed by atoms with van der Waals surface area (Å²) in [5.41, 5.74) is 3.17. The zero-order valence-electron chi connectivity index (χ0n) is 11.1. The molecule has 0 saturated carbocycles. The summed E-state index contributed by atoms with van der Waals surface area (Å²) in [6, 6.07) is 15.8. The van der Waals surface area contributed by atoms with Gasteiger partial charge in [-0.05, 0) is 36.1 Å². The van der Waals surface area contributed by atoms with Crippen molar-refractivity contribution in [2.24, 2.45) is 0 Å². The lowest BCUT2D eigenvalue weighted by Gasteiger charge is -2.18. The molecule has 1 aromatic carbocycles. The summed E-state index contributed by atoms with van der Waals surface area (Å²) in [7, 11) is 0. The van der Waals surface area contributed by atoms with Crippen molar-refractivity contribution in [3.05, 3.63) is 58.8 Å². The summed E-state index contributed by atoms with van der Waals surface area (Å²) >= 11 is 0. The summed E-state index contributed by atoms with van der Waals surface area (Å²) in [6.45, 7) is 3.14. The first kappa shape index (κ1) is 12.0. The Kier molecular flexibility index (Phi) is 3.08. The van der Waals surface area contributed by atoms with E-state index in [4.69, 9.17) is 0 Å². The highest BCUT2D eigenvalue weighted by Crippen LogP contribution is 2.26. The van der Waals surface area contributed by atoms with Gasteiger partial charge in [0.2, 0.25) is 0 Å². The van der Waals surface area contributed by atoms with Crippen molar-refractivity contribution < 1.29 is 0 Å². The number of fused-ring (bicyclic) bond motifs is 2. The molecule has 0 fully saturated rings. The number of pyridine rings is 1. The molecule has 2 nitrogen and oxygen atoms in total. The van der Waals surface area contributed by atoms with E-state index < -0.39 is 0 Å². The summed E-state index contributed by atoms with van der Waals surface area (Å²) in [5.74, 6) is 0. The highest BCUT2D eigenvalue weighted by Gasteiger charge is 2.12. The lowest BCUT2D eigenvalue weighted by Crippen LogP contribution is -2.12. The van der Waals surface area contributed by atoms with Crippen LogP contribution in [0.3, 0.4) is 0 Å². The Hall–Kier alpha value is -2.09. The predicted octanol–water partition coefficient (Wildman–Crippen LogP) is 3.91. The molecule has 0 spiro atoms. The molecule has 0 N–H and O–H groups in total. The van der Waals surface area contributed by atoms with Gasteiger partial charge >= 0.3 is 0 Å². The molecule has 0 unspecified atom stereocenters. The van der Waals surface area contributed by atoms with Crippen LogP contribution in [0.5, 0.6) is 0 Å². The molecule has 3 rings (SSSR count). The Morgan fingerprint density at radius 2 is 1.89 bits per heavy atom. The zero-order chi connectivity index (χ0) is 13.2. The Morgan fingerprint density at radius 1 is 1.05 bits per heavy atom. The van der Waals surface area contributed by atoms with Crippen molar-refractivity contribution in [2.45, 2.75) is 26.3 Å². The van der Waals surface area contributed by atoms with Gasteiger partial charge in [-0.3, -0.25) is 4.79 Å². The molecular weight excluding hydrogens is 234 g/mol. The van der Waals surface area contributed by atoms with Crippen molar-refractivity contribution in [1.82, 2.24) is 4.57 Å². The highest BCUT2D eigenvalue weighted by molar-refractivity contribution is 5.86. The quantitative estimate of drug-likeness (QED) is 0.647. The van der Waals surface area contributed by atoms with Crippen LogP contribution in [0, 0.1) is 0 Å². The topological polar surface area (TPSA) is 22.0 Å². The van der Waals surface area contributed by atoms with Crippen LogP contribution < -0.4 is 5.43 Å². The fraction of sp³-hybridized carbons (Fsp3) is 0.235. The summed E-state index contributed by atoms with van der Waals surface area (Å²) < 4.78 is 2.27. The fourth-order valence-electron chi connectivity index (χ4n) is 2.61. The van der Waals surface area contributed by atoms with E-state index in [1.54, 1.807) is 6.07 Å². The largest absolute Gasteiger partial charge is 0.340 e. The van der Waals surface area contributed by atoms with Gasteiger partial charge in [0, 0.05) is 17.6 Å². The van der Waals surface area contributed by atoms with E-state index >= 15 is 0 Å². The zero-order valence-corrected chi connectivity index (χ0v) is 11.1. The van der Waals surface area contributed by atoms with Crippen molar-refractivity contribution >= 4 is 10.9 Å². The molecule has 96 valence electrons. The summed E-state index contributed by atoms with van der Waals surface area (Å²) in [6.07, 6.45) is 2.27. The lowest BCUT2D eigenvalue weighted by molar-refractivity contribution is 0.651. The standard InChI is InChI=1S/C17H17NO/c1-2-3-11-18-15-8-5-4-7-13(15)12-14-16(18)9-6-10-17(14)19/h4-10,12H,2-3,11H2,1H3. The van der Waals surface area contributed by atoms with Crippen LogP contribution in [0.15, 0.2) is 53.3 Å². The van der Waals surface area contributed by atoms with Gasteiger partial charge in [-0.1, -0.05) is 37.6 Å². The summed E-state index contributed by atoms with van der Waals surface area (Å²) in [4.78, 5) is 12.0. The maximum absolute atomic E-state index is 12.0. The second-order valence-corrected chi connectivity index (χ2v) is 4.90. The molecule has 0 radical (unpaired) electrons. The minimum absolute atomic E-state index is 0.105. The number of benzene rings is 2. The van der Waals surface area contributed by atoms with Crippen molar-refractivity contribution in [1.29, 1.82) is 0 Å². The van der Waals surface area contributed by atoms with Gasteiger partial charge in [-0.15, -0.1) is 0 Å². The Labute approximate surface area is 112 Å². The molecule has 0 saturated heterocycles. The number of hydrogen-bond donors (Lipinski definition) is 0. The maximum Gasteiger partial charge on any atom is 0.187 e. The number of para-hydroxylation sites is 1. The van der Waals surface area contributed by atoms with Gasteiger partial charge in [-0.2, -0.15) is 0 Å². The van der Waals surface area contributed by atoms with E-state index in [-0.39, 0.29) is 5.43 Å². The smallest absolute Gasteiger partial charge is 0.187 e. The van der Waals surface area contributed by atoms with E-state index in [9.17, 15) is 4.79 Å². The minimum atomic E-state index is 0.105. The Bertz CT molecular complexity index is 742. The van der Waals surface area contributed by atoms with Gasteiger partial charge in [0.05, 0.1) is 5.69 Å². The SMILES string of the molecule is CCCCn1c2cccc(=O)c-2cc2ccccc21. The van der Waals surface area contributed by atoms with E-state index in [1.165, 1.54) is 5.52 Å². The number of rotatable bonds is 3. The van der Waals surface area contributed by atoms with E-state index in [2.05, 4.69) is 29.7 Å². The summed E-state index contributed by atoms with van der Waals surface area (Å²) in [5, 5.41) is 1.13. The Morgan fingerprint density at radius 3 is 2.74 bits per heavy atom. The Balaban J connectivity index is 2.38. The number of aryl methyl sites for hydroxylation is 1. The third kappa shape index (κ3) is 2.03. The average Bonchev–Trinajstić information content (AvgIpc) is 2.44. The monoisotopic (exact) mass is 251 g/mol. The molecule has 0 atom stereocenters. The number of aromatic nitrogens is 1. The molecule has 0 amide bonds. The first-order valence-corrected chi connectivity index (χ1v) is 6.82. The molecule has 1 heterocycles. The maximum atomic E-state index is 12.0. The fourth-order valence-corrected chi connectivity index (χ4v) is 2.61. The third-order valence-electron chi connectivity index (χ3n) is 3.60. The molecule has 0 bridgehead atoms. The number of unbranched alkanes of at least 4 members (excludes halogenated alkanes) is 1. The van der Waals surface area contributed by atoms with Gasteiger partial charge in [-0.25, -0.2) is 0 Å². The van der Waals surface area contributed by atoms with Crippen molar-refractivity contribution in [3.8, 4) is 11.3 Å². The van der Waals surface area contributed by atoms with Crippen LogP contribution in [0.4, 0.5) is 0 Å². The third-order valence-corrected chi connectivity index (χ3v) is 3.60. The second kappa shape index (κ2) is 4.88. The molecule has 1 aliphatic carbocycles. The molecular formula is C17H17NO. The van der Waals surface area contributed by atoms with Gasteiger partial charge in [0.1, 0.15) is 0 Å². The van der Waals surface area contributed by atoms with Crippen LogP contribution in [0.25, 0.3) is 22.2 Å². The van der Waals surface area contributed by atoms with Crippen molar-refractivity contribution in [2.75, 3.05) is 0 Å². The van der Waals surface area contributed by atoms with E-state index in [0.717, 1.165) is 36.0 Å². The van der Waals surface area contributed by atoms with Crippen molar-refractivity contribution in [3.63, 3.8) is 0 Å². The highest BCUT2D eigenvalue weighted by atomic mass is 16.1. The van der Waals surface area contributed by atoms with Crippen LogP contribution in [0.1, 0.15) is 19.8 Å². The lowest BCUT2D eigenvalue weighted by atomic mass is 10.0. The number of hydrogen-bond acceptors (Lipinski definition) is 1. The number of nitrogens with zero attached hydrogens (tertiary/aromatic N) is 1. The first-order valence-electron chi connectivity index (χ1n) is 6.82. The predicted molar refractivity (Wildman–Crippen MR) is 79.7 cm³/mol. The van der Waals surface area contributed by atoms with Crippen LogP contribution in [0.2, 0.25) is 0 Å². The van der Waals surface area contributed by atoms with E-state index in [1.807, 2.05) is 24.3 Å². The van der Waals surface area contributed by atoms with Gasteiger partial charge in [0.25, 0.3) is 0 Å². The molecule has 1 aromatic rings. The van der Waals surface area contributed by atoms with E-state index in [0.29, 0.717) is 0 Å². The molecule has 1 aliphatic heterocycles. The minimum Gasteiger partial charge on any atom is -0.340 e. The molecule has 2 aliphatic rings. The molecule has 19 heavy (non-hydrogen) atoms. The first-order chi connectivity index (χ1) is 9.31. The van der Waals surface area contributed by atoms with Crippen LogP contribution >= 0.6 is 0 Å². The average molecular weight is 251 g/mol. The second-order valence-electron chi connectivity index (χ2n) is 4.90.